The number of aliphatic carboxylic acids is 2. The molecule has 0 aliphatic rings. The van der Waals surface area contributed by atoms with E-state index in [2.05, 4.69) is 25.3 Å². The fraction of sp³-hybridized carbons (Fsp3) is 0.667. The van der Waals surface area contributed by atoms with E-state index in [1.807, 2.05) is 0 Å². The minimum Gasteiger partial charge on any atom is -0.481 e. The van der Waals surface area contributed by atoms with Crippen LogP contribution in [0.4, 0.5) is 0 Å². The molecule has 0 fully saturated rings. The van der Waals surface area contributed by atoms with Crippen LogP contribution in [0, 0.1) is 5.92 Å². The lowest BCUT2D eigenvalue weighted by Crippen LogP contribution is -2.31. The summed E-state index contributed by atoms with van der Waals surface area (Å²) in [6.45, 7) is 0. The Hall–Kier alpha value is -0.360. The molecule has 0 spiro atoms. The van der Waals surface area contributed by atoms with Gasteiger partial charge in [0.15, 0.2) is 0 Å². The van der Waals surface area contributed by atoms with Gasteiger partial charge in [0, 0.05) is 0 Å². The summed E-state index contributed by atoms with van der Waals surface area (Å²) >= 11 is 7.51. The lowest BCUT2D eigenvalue weighted by atomic mass is 10.0. The second-order valence-electron chi connectivity index (χ2n) is 2.24. The molecular formula is C6H10O4S2. The Kier molecular flexibility index (Phi) is 5.16. The Morgan fingerprint density at radius 1 is 1.25 bits per heavy atom. The molecule has 2 N–H and O–H groups in total. The van der Waals surface area contributed by atoms with Crippen LogP contribution in [0.15, 0.2) is 0 Å². The highest BCUT2D eigenvalue weighted by atomic mass is 32.1. The molecule has 0 heterocycles. The number of thiol groups is 2. The molecule has 0 aliphatic carbocycles. The van der Waals surface area contributed by atoms with Crippen LogP contribution in [0.5, 0.6) is 0 Å². The molecule has 4 nitrogen and oxygen atoms in total. The molecule has 0 aliphatic heterocycles. The number of rotatable bonds is 5. The molecule has 0 amide bonds. The van der Waals surface area contributed by atoms with Crippen molar-refractivity contribution in [2.75, 3.05) is 5.75 Å². The van der Waals surface area contributed by atoms with E-state index < -0.39 is 23.1 Å². The summed E-state index contributed by atoms with van der Waals surface area (Å²) in [5.41, 5.74) is 0. The first-order valence-electron chi connectivity index (χ1n) is 3.25. The fourth-order valence-electron chi connectivity index (χ4n) is 0.728. The first-order chi connectivity index (χ1) is 5.50. The van der Waals surface area contributed by atoms with Gasteiger partial charge in [-0.3, -0.25) is 9.59 Å². The molecule has 0 rings (SSSR count). The van der Waals surface area contributed by atoms with E-state index in [9.17, 15) is 9.59 Å². The van der Waals surface area contributed by atoms with Gasteiger partial charge in [0.2, 0.25) is 0 Å². The summed E-state index contributed by atoms with van der Waals surface area (Å²) in [7, 11) is 0. The van der Waals surface area contributed by atoms with Gasteiger partial charge < -0.3 is 10.2 Å². The van der Waals surface area contributed by atoms with Crippen molar-refractivity contribution in [2.45, 2.75) is 11.7 Å². The highest BCUT2D eigenvalue weighted by Gasteiger charge is 2.29. The minimum atomic E-state index is -1.22. The minimum absolute atomic E-state index is 0.207. The Morgan fingerprint density at radius 3 is 2.00 bits per heavy atom. The molecule has 0 saturated carbocycles. The number of carboxylic acids is 2. The van der Waals surface area contributed by atoms with Gasteiger partial charge in [0.25, 0.3) is 0 Å². The van der Waals surface area contributed by atoms with Gasteiger partial charge >= 0.3 is 11.9 Å². The molecule has 12 heavy (non-hydrogen) atoms. The van der Waals surface area contributed by atoms with Crippen molar-refractivity contribution >= 4 is 37.2 Å². The molecule has 0 aromatic heterocycles. The lowest BCUT2D eigenvalue weighted by molar-refractivity contribution is -0.147. The van der Waals surface area contributed by atoms with Crippen LogP contribution >= 0.6 is 25.3 Å². The third-order valence-corrected chi connectivity index (χ3v) is 2.23. The zero-order valence-electron chi connectivity index (χ0n) is 6.17. The van der Waals surface area contributed by atoms with Crippen molar-refractivity contribution in [1.82, 2.24) is 0 Å². The predicted molar refractivity (Wildman–Crippen MR) is 50.0 cm³/mol. The average molecular weight is 210 g/mol. The van der Waals surface area contributed by atoms with E-state index in [1.165, 1.54) is 0 Å². The summed E-state index contributed by atoms with van der Waals surface area (Å²) in [6, 6.07) is 0. The Morgan fingerprint density at radius 2 is 1.75 bits per heavy atom. The van der Waals surface area contributed by atoms with Crippen LogP contribution in [-0.2, 0) is 9.59 Å². The van der Waals surface area contributed by atoms with Gasteiger partial charge in [-0.2, -0.15) is 25.3 Å². The molecule has 0 aromatic carbocycles. The van der Waals surface area contributed by atoms with E-state index in [4.69, 9.17) is 10.2 Å². The molecule has 6 heteroatoms. The topological polar surface area (TPSA) is 74.6 Å². The summed E-state index contributed by atoms with van der Waals surface area (Å²) in [6.07, 6.45) is 0.207. The van der Waals surface area contributed by atoms with E-state index >= 15 is 0 Å². The molecule has 0 saturated heterocycles. The van der Waals surface area contributed by atoms with Crippen LogP contribution in [0.2, 0.25) is 0 Å². The van der Waals surface area contributed by atoms with Gasteiger partial charge in [-0.05, 0) is 12.2 Å². The van der Waals surface area contributed by atoms with Gasteiger partial charge in [0.05, 0.1) is 5.92 Å². The van der Waals surface area contributed by atoms with Crippen LogP contribution in [0.3, 0.4) is 0 Å². The van der Waals surface area contributed by atoms with Crippen molar-refractivity contribution in [3.8, 4) is 0 Å². The molecule has 0 unspecified atom stereocenters. The van der Waals surface area contributed by atoms with Crippen molar-refractivity contribution in [1.29, 1.82) is 0 Å². The normalized spacial score (nSPS) is 15.2. The standard InChI is InChI=1S/C6H10O4S2/c7-5(8)3(1-2-11)4(12)6(9)10/h3-4,11-12H,1-2H2,(H,7,8)(H,9,10)/t3-,4-/m0/s1. The molecule has 2 atom stereocenters. The van der Waals surface area contributed by atoms with Crippen molar-refractivity contribution in [2.24, 2.45) is 5.92 Å². The maximum atomic E-state index is 10.5. The summed E-state index contributed by atoms with van der Waals surface area (Å²) in [5.74, 6) is -3.00. The first-order valence-corrected chi connectivity index (χ1v) is 4.40. The molecule has 0 radical (unpaired) electrons. The SMILES string of the molecule is O=C(O)[C@@H](S)[C@H](CCS)C(=O)O. The number of hydrogen-bond donors (Lipinski definition) is 4. The molecule has 0 aromatic rings. The Balaban J connectivity index is 4.28. The van der Waals surface area contributed by atoms with Gasteiger partial charge in [-0.15, -0.1) is 0 Å². The van der Waals surface area contributed by atoms with E-state index in [0.29, 0.717) is 5.75 Å². The zero-order chi connectivity index (χ0) is 9.72. The van der Waals surface area contributed by atoms with E-state index in [0.717, 1.165) is 0 Å². The lowest BCUT2D eigenvalue weighted by Gasteiger charge is -2.13. The largest absolute Gasteiger partial charge is 0.481 e. The van der Waals surface area contributed by atoms with Gasteiger partial charge in [0.1, 0.15) is 5.25 Å². The molecule has 70 valence electrons. The molecule has 0 bridgehead atoms. The summed E-state index contributed by atoms with van der Waals surface area (Å²) < 4.78 is 0. The second-order valence-corrected chi connectivity index (χ2v) is 3.24. The monoisotopic (exact) mass is 210 g/mol. The van der Waals surface area contributed by atoms with Crippen LogP contribution in [-0.4, -0.2) is 33.2 Å². The first kappa shape index (κ1) is 11.6. The Bertz CT molecular complexity index is 182. The summed E-state index contributed by atoms with van der Waals surface area (Å²) in [4.78, 5) is 20.8. The fourth-order valence-corrected chi connectivity index (χ4v) is 1.28. The maximum Gasteiger partial charge on any atom is 0.317 e. The third-order valence-electron chi connectivity index (χ3n) is 1.39. The highest BCUT2D eigenvalue weighted by Crippen LogP contribution is 2.15. The predicted octanol–water partition coefficient (Wildman–Crippen LogP) is 0.390. The second kappa shape index (κ2) is 5.31. The van der Waals surface area contributed by atoms with Crippen LogP contribution in [0.1, 0.15) is 6.42 Å². The van der Waals surface area contributed by atoms with Crippen molar-refractivity contribution < 1.29 is 19.8 Å². The zero-order valence-corrected chi connectivity index (χ0v) is 7.96. The van der Waals surface area contributed by atoms with Gasteiger partial charge in [-0.1, -0.05) is 0 Å². The van der Waals surface area contributed by atoms with Crippen molar-refractivity contribution in [3.63, 3.8) is 0 Å². The van der Waals surface area contributed by atoms with E-state index in [1.54, 1.807) is 0 Å². The van der Waals surface area contributed by atoms with Crippen molar-refractivity contribution in [3.05, 3.63) is 0 Å². The summed E-state index contributed by atoms with van der Waals surface area (Å²) in [5, 5.41) is 15.9. The number of hydrogen-bond acceptors (Lipinski definition) is 4. The average Bonchev–Trinajstić information content (AvgIpc) is 1.98. The third kappa shape index (κ3) is 3.36. The highest BCUT2D eigenvalue weighted by molar-refractivity contribution is 7.81. The molecular weight excluding hydrogens is 200 g/mol. The smallest absolute Gasteiger partial charge is 0.317 e. The van der Waals surface area contributed by atoms with Crippen LogP contribution < -0.4 is 0 Å². The Labute approximate surface area is 80.8 Å². The van der Waals surface area contributed by atoms with E-state index in [-0.39, 0.29) is 6.42 Å². The van der Waals surface area contributed by atoms with Crippen LogP contribution in [0.25, 0.3) is 0 Å². The number of carbonyl (C=O) groups is 2. The van der Waals surface area contributed by atoms with Gasteiger partial charge in [-0.25, -0.2) is 0 Å². The quantitative estimate of drug-likeness (QED) is 0.495. The number of carboxylic acid groups (broad SMARTS) is 2. The maximum absolute atomic E-state index is 10.5.